The van der Waals surface area contributed by atoms with Crippen LogP contribution < -0.4 is 15.0 Å². The summed E-state index contributed by atoms with van der Waals surface area (Å²) in [7, 11) is 0. The molecule has 0 radical (unpaired) electrons. The quantitative estimate of drug-likeness (QED) is 0.534. The fourth-order valence-corrected chi connectivity index (χ4v) is 3.55. The van der Waals surface area contributed by atoms with Crippen LogP contribution >= 0.6 is 11.6 Å². The van der Waals surface area contributed by atoms with Crippen LogP contribution in [0.2, 0.25) is 5.02 Å². The summed E-state index contributed by atoms with van der Waals surface area (Å²) in [6.45, 7) is 2.29. The molecular weight excluding hydrogens is 419 g/mol. The molecule has 0 atom stereocenters. The van der Waals surface area contributed by atoms with Crippen molar-refractivity contribution < 1.29 is 18.7 Å². The zero-order chi connectivity index (χ0) is 22.0. The van der Waals surface area contributed by atoms with Gasteiger partial charge in [-0.2, -0.15) is 0 Å². The third kappa shape index (κ3) is 4.02. The highest BCUT2D eigenvalue weighted by Crippen LogP contribution is 2.36. The standard InChI is InChI=1S/C24H18ClFN2O3/c1-2-31-20-9-4-3-8-19(20)27-22-21(15-10-12-17(26)13-11-15)23(29)28(24(22)30)18-7-5-6-16(25)14-18/h3-14,27H,2H2,1H3. The van der Waals surface area contributed by atoms with Crippen LogP contribution in [0.15, 0.2) is 78.5 Å². The van der Waals surface area contributed by atoms with E-state index >= 15 is 0 Å². The number of anilines is 2. The lowest BCUT2D eigenvalue weighted by Gasteiger charge is -2.16. The van der Waals surface area contributed by atoms with Crippen LogP contribution in [0.4, 0.5) is 15.8 Å². The number of amides is 2. The summed E-state index contributed by atoms with van der Waals surface area (Å²) < 4.78 is 19.1. The molecule has 156 valence electrons. The molecule has 0 aliphatic carbocycles. The first-order valence-electron chi connectivity index (χ1n) is 9.63. The summed E-state index contributed by atoms with van der Waals surface area (Å²) in [5, 5.41) is 3.46. The molecule has 3 aromatic carbocycles. The summed E-state index contributed by atoms with van der Waals surface area (Å²) >= 11 is 6.07. The Hall–Kier alpha value is -3.64. The predicted molar refractivity (Wildman–Crippen MR) is 118 cm³/mol. The summed E-state index contributed by atoms with van der Waals surface area (Å²) in [4.78, 5) is 27.8. The lowest BCUT2D eigenvalue weighted by atomic mass is 10.0. The van der Waals surface area contributed by atoms with Crippen LogP contribution in [0.3, 0.4) is 0 Å². The van der Waals surface area contributed by atoms with Gasteiger partial charge in [0.25, 0.3) is 11.8 Å². The number of benzene rings is 3. The number of carbonyl (C=O) groups excluding carboxylic acids is 2. The normalized spacial score (nSPS) is 13.7. The second kappa shape index (κ2) is 8.62. The van der Waals surface area contributed by atoms with E-state index in [-0.39, 0.29) is 11.3 Å². The molecule has 1 heterocycles. The Labute approximate surface area is 183 Å². The Bertz CT molecular complexity index is 1190. The molecular formula is C24H18ClFN2O3. The number of carbonyl (C=O) groups is 2. The number of halogens is 2. The second-order valence-electron chi connectivity index (χ2n) is 6.74. The van der Waals surface area contributed by atoms with Gasteiger partial charge in [-0.05, 0) is 55.0 Å². The third-order valence-electron chi connectivity index (χ3n) is 4.73. The topological polar surface area (TPSA) is 58.6 Å². The van der Waals surface area contributed by atoms with Crippen LogP contribution in [0.1, 0.15) is 12.5 Å². The van der Waals surface area contributed by atoms with Crippen LogP contribution in [0.25, 0.3) is 5.57 Å². The number of ether oxygens (including phenoxy) is 1. The molecule has 31 heavy (non-hydrogen) atoms. The SMILES string of the molecule is CCOc1ccccc1NC1=C(c2ccc(F)cc2)C(=O)N(c2cccc(Cl)c2)C1=O. The first-order chi connectivity index (χ1) is 15.0. The van der Waals surface area contributed by atoms with Gasteiger partial charge in [0.1, 0.15) is 17.3 Å². The zero-order valence-electron chi connectivity index (χ0n) is 16.6. The summed E-state index contributed by atoms with van der Waals surface area (Å²) in [5.41, 5.74) is 1.51. The first-order valence-corrected chi connectivity index (χ1v) is 10.0. The molecule has 5 nitrogen and oxygen atoms in total. The average molecular weight is 437 g/mol. The molecule has 7 heteroatoms. The van der Waals surface area contributed by atoms with E-state index in [9.17, 15) is 14.0 Å². The maximum Gasteiger partial charge on any atom is 0.282 e. The number of nitrogens with zero attached hydrogens (tertiary/aromatic N) is 1. The first kappa shape index (κ1) is 20.6. The van der Waals surface area contributed by atoms with Gasteiger partial charge in [-0.25, -0.2) is 9.29 Å². The van der Waals surface area contributed by atoms with Crippen LogP contribution in [0, 0.1) is 5.82 Å². The predicted octanol–water partition coefficient (Wildman–Crippen LogP) is 5.27. The number of hydrogen-bond donors (Lipinski definition) is 1. The van der Waals surface area contributed by atoms with Gasteiger partial charge < -0.3 is 10.1 Å². The van der Waals surface area contributed by atoms with Gasteiger partial charge >= 0.3 is 0 Å². The highest BCUT2D eigenvalue weighted by atomic mass is 35.5. The number of hydrogen-bond acceptors (Lipinski definition) is 4. The van der Waals surface area contributed by atoms with Crippen LogP contribution in [-0.2, 0) is 9.59 Å². The van der Waals surface area contributed by atoms with Crippen molar-refractivity contribution in [1.82, 2.24) is 0 Å². The van der Waals surface area contributed by atoms with E-state index in [4.69, 9.17) is 16.3 Å². The van der Waals surface area contributed by atoms with Gasteiger partial charge in [0, 0.05) is 5.02 Å². The van der Waals surface area contributed by atoms with Crippen molar-refractivity contribution in [1.29, 1.82) is 0 Å². The Morgan fingerprint density at radius 3 is 2.42 bits per heavy atom. The molecule has 1 aliphatic heterocycles. The fraction of sp³-hybridized carbons (Fsp3) is 0.0833. The largest absolute Gasteiger partial charge is 0.492 e. The Kier molecular flexibility index (Phi) is 5.73. The van der Waals surface area contributed by atoms with Crippen molar-refractivity contribution in [3.8, 4) is 5.75 Å². The molecule has 2 amide bonds. The average Bonchev–Trinajstić information content (AvgIpc) is 3.00. The van der Waals surface area contributed by atoms with E-state index in [0.717, 1.165) is 4.90 Å². The molecule has 4 rings (SSSR count). The Morgan fingerprint density at radius 2 is 1.71 bits per heavy atom. The van der Waals surface area contributed by atoms with Gasteiger partial charge in [0.15, 0.2) is 0 Å². The van der Waals surface area contributed by atoms with Gasteiger partial charge in [-0.3, -0.25) is 9.59 Å². The van der Waals surface area contributed by atoms with E-state index < -0.39 is 17.6 Å². The van der Waals surface area contributed by atoms with Crippen molar-refractivity contribution in [3.63, 3.8) is 0 Å². The van der Waals surface area contributed by atoms with Crippen molar-refractivity contribution in [2.75, 3.05) is 16.8 Å². The van der Waals surface area contributed by atoms with Crippen molar-refractivity contribution in [2.24, 2.45) is 0 Å². The fourth-order valence-electron chi connectivity index (χ4n) is 3.37. The maximum absolute atomic E-state index is 13.5. The summed E-state index contributed by atoms with van der Waals surface area (Å²) in [6, 6.07) is 19.0. The maximum atomic E-state index is 13.5. The van der Waals surface area contributed by atoms with Gasteiger partial charge in [-0.1, -0.05) is 41.9 Å². The van der Waals surface area contributed by atoms with E-state index in [0.29, 0.717) is 34.3 Å². The Morgan fingerprint density at radius 1 is 0.968 bits per heavy atom. The molecule has 3 aromatic rings. The monoisotopic (exact) mass is 436 g/mol. The molecule has 0 fully saturated rings. The van der Waals surface area contributed by atoms with Crippen LogP contribution in [-0.4, -0.2) is 18.4 Å². The number of imide groups is 1. The smallest absolute Gasteiger partial charge is 0.282 e. The minimum absolute atomic E-state index is 0.0729. The summed E-state index contributed by atoms with van der Waals surface area (Å²) in [5.74, 6) is -0.977. The van der Waals surface area contributed by atoms with E-state index in [1.807, 2.05) is 13.0 Å². The second-order valence-corrected chi connectivity index (χ2v) is 7.17. The Balaban J connectivity index is 1.83. The molecule has 1 N–H and O–H groups in total. The van der Waals surface area contributed by atoms with Gasteiger partial charge in [-0.15, -0.1) is 0 Å². The van der Waals surface area contributed by atoms with E-state index in [1.54, 1.807) is 36.4 Å². The zero-order valence-corrected chi connectivity index (χ0v) is 17.3. The molecule has 0 bridgehead atoms. The molecule has 0 saturated carbocycles. The number of nitrogens with one attached hydrogen (secondary N) is 1. The third-order valence-corrected chi connectivity index (χ3v) is 4.96. The van der Waals surface area contributed by atoms with E-state index in [1.165, 1.54) is 30.3 Å². The van der Waals surface area contributed by atoms with E-state index in [2.05, 4.69) is 5.32 Å². The van der Waals surface area contributed by atoms with Crippen molar-refractivity contribution in [3.05, 3.63) is 94.9 Å². The molecule has 1 aliphatic rings. The molecule has 0 saturated heterocycles. The van der Waals surface area contributed by atoms with Gasteiger partial charge in [0.2, 0.25) is 0 Å². The summed E-state index contributed by atoms with van der Waals surface area (Å²) in [6.07, 6.45) is 0. The molecule has 0 aromatic heterocycles. The van der Waals surface area contributed by atoms with Crippen LogP contribution in [0.5, 0.6) is 5.75 Å². The molecule has 0 unspecified atom stereocenters. The van der Waals surface area contributed by atoms with Gasteiger partial charge in [0.05, 0.1) is 23.6 Å². The highest BCUT2D eigenvalue weighted by Gasteiger charge is 2.40. The highest BCUT2D eigenvalue weighted by molar-refractivity contribution is 6.46. The van der Waals surface area contributed by atoms with Crippen molar-refractivity contribution in [2.45, 2.75) is 6.92 Å². The number of rotatable bonds is 6. The number of para-hydroxylation sites is 2. The molecule has 0 spiro atoms. The lowest BCUT2D eigenvalue weighted by Crippen LogP contribution is -2.32. The minimum Gasteiger partial charge on any atom is -0.492 e. The minimum atomic E-state index is -0.544. The lowest BCUT2D eigenvalue weighted by molar-refractivity contribution is -0.120. The van der Waals surface area contributed by atoms with Crippen molar-refractivity contribution >= 4 is 40.4 Å².